The van der Waals surface area contributed by atoms with Crippen LogP contribution in [0.2, 0.25) is 5.02 Å². The van der Waals surface area contributed by atoms with Gasteiger partial charge in [-0.25, -0.2) is 0 Å². The van der Waals surface area contributed by atoms with E-state index in [4.69, 9.17) is 16.3 Å². The summed E-state index contributed by atoms with van der Waals surface area (Å²) in [5.41, 5.74) is 1.26. The number of rotatable bonds is 6. The fourth-order valence-electron chi connectivity index (χ4n) is 3.26. The molecule has 2 rings (SSSR count). The standard InChI is InChI=1S/C17H26ClNO/c1-19-16(10-8-13-6-4-3-5-7-13)14-9-11-17(20-2)15(18)12-14/h9,11-13,16,19H,3-8,10H2,1-2H3. The Balaban J connectivity index is 1.94. The first-order chi connectivity index (χ1) is 9.74. The molecule has 1 atom stereocenters. The molecule has 20 heavy (non-hydrogen) atoms. The molecule has 0 aromatic heterocycles. The second kappa shape index (κ2) is 7.90. The summed E-state index contributed by atoms with van der Waals surface area (Å²) in [6.07, 6.45) is 9.60. The molecule has 1 unspecified atom stereocenters. The Kier molecular flexibility index (Phi) is 6.18. The van der Waals surface area contributed by atoms with Gasteiger partial charge in [0.25, 0.3) is 0 Å². The van der Waals surface area contributed by atoms with Crippen molar-refractivity contribution in [2.75, 3.05) is 14.2 Å². The van der Waals surface area contributed by atoms with Crippen molar-refractivity contribution in [1.82, 2.24) is 5.32 Å². The zero-order valence-electron chi connectivity index (χ0n) is 12.6. The lowest BCUT2D eigenvalue weighted by molar-refractivity contribution is 0.317. The molecule has 1 aliphatic rings. The molecule has 1 saturated carbocycles. The Morgan fingerprint density at radius 2 is 2.05 bits per heavy atom. The number of halogens is 1. The Hall–Kier alpha value is -0.730. The highest BCUT2D eigenvalue weighted by molar-refractivity contribution is 6.32. The van der Waals surface area contributed by atoms with Crippen LogP contribution in [0, 0.1) is 5.92 Å². The van der Waals surface area contributed by atoms with Crippen molar-refractivity contribution in [3.05, 3.63) is 28.8 Å². The first-order valence-corrected chi connectivity index (χ1v) is 8.13. The van der Waals surface area contributed by atoms with E-state index in [9.17, 15) is 0 Å². The Labute approximate surface area is 127 Å². The van der Waals surface area contributed by atoms with Crippen LogP contribution in [-0.4, -0.2) is 14.2 Å². The van der Waals surface area contributed by atoms with Gasteiger partial charge in [-0.3, -0.25) is 0 Å². The molecule has 0 radical (unpaired) electrons. The predicted octanol–water partition coefficient (Wildman–Crippen LogP) is 4.97. The molecule has 0 amide bonds. The van der Waals surface area contributed by atoms with Crippen LogP contribution in [0.15, 0.2) is 18.2 Å². The lowest BCUT2D eigenvalue weighted by atomic mass is 9.84. The molecule has 3 heteroatoms. The average Bonchev–Trinajstić information content (AvgIpc) is 2.49. The molecule has 0 aliphatic heterocycles. The van der Waals surface area contributed by atoms with Crippen LogP contribution in [0.25, 0.3) is 0 Å². The summed E-state index contributed by atoms with van der Waals surface area (Å²) in [4.78, 5) is 0. The van der Waals surface area contributed by atoms with Crippen molar-refractivity contribution in [3.8, 4) is 5.75 Å². The highest BCUT2D eigenvalue weighted by atomic mass is 35.5. The summed E-state index contributed by atoms with van der Waals surface area (Å²) >= 11 is 6.23. The Bertz CT molecular complexity index is 415. The molecule has 1 fully saturated rings. The fraction of sp³-hybridized carbons (Fsp3) is 0.647. The van der Waals surface area contributed by atoms with Crippen molar-refractivity contribution < 1.29 is 4.74 Å². The van der Waals surface area contributed by atoms with Crippen LogP contribution in [0.3, 0.4) is 0 Å². The predicted molar refractivity (Wildman–Crippen MR) is 85.6 cm³/mol. The molecule has 0 saturated heterocycles. The summed E-state index contributed by atoms with van der Waals surface area (Å²) in [6.45, 7) is 0. The summed E-state index contributed by atoms with van der Waals surface area (Å²) < 4.78 is 5.22. The summed E-state index contributed by atoms with van der Waals surface area (Å²) in [7, 11) is 3.68. The monoisotopic (exact) mass is 295 g/mol. The molecule has 112 valence electrons. The minimum Gasteiger partial charge on any atom is -0.495 e. The maximum Gasteiger partial charge on any atom is 0.137 e. The van der Waals surface area contributed by atoms with Gasteiger partial charge in [-0.2, -0.15) is 0 Å². The van der Waals surface area contributed by atoms with Crippen molar-refractivity contribution in [1.29, 1.82) is 0 Å². The van der Waals surface area contributed by atoms with E-state index in [1.165, 1.54) is 50.5 Å². The molecule has 1 N–H and O–H groups in total. The van der Waals surface area contributed by atoms with Crippen molar-refractivity contribution in [2.45, 2.75) is 51.0 Å². The number of hydrogen-bond donors (Lipinski definition) is 1. The second-order valence-corrected chi connectivity index (χ2v) is 6.22. The minimum absolute atomic E-state index is 0.389. The van der Waals surface area contributed by atoms with E-state index in [2.05, 4.69) is 11.4 Å². The molecule has 1 aromatic rings. The third-order valence-corrected chi connectivity index (χ3v) is 4.81. The third kappa shape index (κ3) is 4.13. The molecular weight excluding hydrogens is 270 g/mol. The summed E-state index contributed by atoms with van der Waals surface area (Å²) in [5, 5.41) is 4.12. The Morgan fingerprint density at radius 3 is 2.65 bits per heavy atom. The van der Waals surface area contributed by atoms with E-state index in [1.807, 2.05) is 19.2 Å². The zero-order chi connectivity index (χ0) is 14.4. The molecule has 0 bridgehead atoms. The summed E-state index contributed by atoms with van der Waals surface area (Å²) in [5.74, 6) is 1.67. The smallest absolute Gasteiger partial charge is 0.137 e. The van der Waals surface area contributed by atoms with Gasteiger partial charge in [0.1, 0.15) is 5.75 Å². The van der Waals surface area contributed by atoms with Crippen molar-refractivity contribution in [3.63, 3.8) is 0 Å². The number of ether oxygens (including phenoxy) is 1. The van der Waals surface area contributed by atoms with Crippen molar-refractivity contribution in [2.24, 2.45) is 5.92 Å². The highest BCUT2D eigenvalue weighted by Gasteiger charge is 2.17. The zero-order valence-corrected chi connectivity index (χ0v) is 13.4. The maximum absolute atomic E-state index is 6.23. The minimum atomic E-state index is 0.389. The van der Waals surface area contributed by atoms with Gasteiger partial charge in [0.15, 0.2) is 0 Å². The van der Waals surface area contributed by atoms with Crippen LogP contribution < -0.4 is 10.1 Å². The quantitative estimate of drug-likeness (QED) is 0.800. The van der Waals surface area contributed by atoms with E-state index in [-0.39, 0.29) is 0 Å². The molecule has 1 aromatic carbocycles. The largest absolute Gasteiger partial charge is 0.495 e. The first-order valence-electron chi connectivity index (χ1n) is 7.75. The fourth-order valence-corrected chi connectivity index (χ4v) is 3.52. The third-order valence-electron chi connectivity index (χ3n) is 4.52. The van der Waals surface area contributed by atoms with Gasteiger partial charge < -0.3 is 10.1 Å². The van der Waals surface area contributed by atoms with Crippen LogP contribution in [0.4, 0.5) is 0 Å². The lowest BCUT2D eigenvalue weighted by Crippen LogP contribution is -2.18. The maximum atomic E-state index is 6.23. The van der Waals surface area contributed by atoms with Gasteiger partial charge in [0.05, 0.1) is 12.1 Å². The first kappa shape index (κ1) is 15.7. The molecule has 0 spiro atoms. The topological polar surface area (TPSA) is 21.3 Å². The second-order valence-electron chi connectivity index (χ2n) is 5.82. The summed E-state index contributed by atoms with van der Waals surface area (Å²) in [6, 6.07) is 6.50. The number of benzene rings is 1. The number of nitrogens with one attached hydrogen (secondary N) is 1. The van der Waals surface area contributed by atoms with Crippen molar-refractivity contribution >= 4 is 11.6 Å². The molecule has 1 aliphatic carbocycles. The van der Waals surface area contributed by atoms with E-state index in [1.54, 1.807) is 7.11 Å². The highest BCUT2D eigenvalue weighted by Crippen LogP contribution is 2.32. The molecule has 0 heterocycles. The van der Waals surface area contributed by atoms with Gasteiger partial charge in [-0.15, -0.1) is 0 Å². The van der Waals surface area contributed by atoms with E-state index < -0.39 is 0 Å². The van der Waals surface area contributed by atoms with Gasteiger partial charge >= 0.3 is 0 Å². The number of methoxy groups -OCH3 is 1. The van der Waals surface area contributed by atoms with Crippen LogP contribution in [0.5, 0.6) is 5.75 Å². The molecular formula is C17H26ClNO. The average molecular weight is 296 g/mol. The van der Waals surface area contributed by atoms with E-state index >= 15 is 0 Å². The SMILES string of the molecule is CNC(CCC1CCCCC1)c1ccc(OC)c(Cl)c1. The van der Waals surface area contributed by atoms with E-state index in [0.717, 1.165) is 11.7 Å². The van der Waals surface area contributed by atoms with Crippen LogP contribution in [-0.2, 0) is 0 Å². The lowest BCUT2D eigenvalue weighted by Gasteiger charge is -2.24. The van der Waals surface area contributed by atoms with E-state index in [0.29, 0.717) is 11.1 Å². The van der Waals surface area contributed by atoms with Gasteiger partial charge in [-0.1, -0.05) is 49.8 Å². The Morgan fingerprint density at radius 1 is 1.30 bits per heavy atom. The molecule has 2 nitrogen and oxygen atoms in total. The van der Waals surface area contributed by atoms with Crippen LogP contribution in [0.1, 0.15) is 56.6 Å². The van der Waals surface area contributed by atoms with Gasteiger partial charge in [0.2, 0.25) is 0 Å². The van der Waals surface area contributed by atoms with Crippen LogP contribution >= 0.6 is 11.6 Å². The number of hydrogen-bond acceptors (Lipinski definition) is 2. The van der Waals surface area contributed by atoms with Gasteiger partial charge in [0, 0.05) is 6.04 Å². The normalized spacial score (nSPS) is 17.9. The van der Waals surface area contributed by atoms with Gasteiger partial charge in [-0.05, 0) is 43.5 Å².